The first-order valence-corrected chi connectivity index (χ1v) is 7.30. The van der Waals surface area contributed by atoms with E-state index in [4.69, 9.17) is 0 Å². The summed E-state index contributed by atoms with van der Waals surface area (Å²) in [5.74, 6) is -0.139. The second kappa shape index (κ2) is 4.24. The fraction of sp³-hybridized carbons (Fsp3) is 0.571. The molecule has 4 aliphatic heterocycles. The summed E-state index contributed by atoms with van der Waals surface area (Å²) in [6.07, 6.45) is 0. The molecule has 4 nitrogen and oxygen atoms in total. The van der Waals surface area contributed by atoms with Gasteiger partial charge in [0, 0.05) is 5.56 Å². The molecule has 5 N–H and O–H groups in total. The van der Waals surface area contributed by atoms with Crippen molar-refractivity contribution in [3.8, 4) is 0 Å². The molecule has 4 aliphatic rings. The van der Waals surface area contributed by atoms with Crippen LogP contribution in [0, 0.1) is 5.82 Å². The maximum Gasteiger partial charge on any atom is 0.244 e. The molecule has 19 heavy (non-hydrogen) atoms. The highest BCUT2D eigenvalue weighted by Crippen LogP contribution is 2.02. The first-order valence-electron chi connectivity index (χ1n) is 7.30. The number of hydrogen-bond donors (Lipinski definition) is 4. The third kappa shape index (κ3) is 2.17. The molecule has 0 atom stereocenters. The summed E-state index contributed by atoms with van der Waals surface area (Å²) in [4.78, 5) is 5.30. The van der Waals surface area contributed by atoms with Crippen LogP contribution in [0.15, 0.2) is 24.3 Å². The van der Waals surface area contributed by atoms with E-state index in [0.717, 1.165) is 6.54 Å². The zero-order valence-corrected chi connectivity index (χ0v) is 11.2. The first-order chi connectivity index (χ1) is 9.21. The minimum absolute atomic E-state index is 0.139. The fourth-order valence-electron chi connectivity index (χ4n) is 4.48. The Balaban J connectivity index is 1.46. The van der Waals surface area contributed by atoms with Gasteiger partial charge in [-0.1, -0.05) is 12.1 Å². The van der Waals surface area contributed by atoms with Gasteiger partial charge in [-0.05, 0) is 12.1 Å². The molecule has 0 aliphatic carbocycles. The number of quaternary nitrogens is 4. The molecule has 5 rings (SSSR count). The van der Waals surface area contributed by atoms with Gasteiger partial charge < -0.3 is 5.32 Å². The topological polar surface area (TPSA) is 29.9 Å². The third-order valence-corrected chi connectivity index (χ3v) is 4.99. The number of benzene rings is 1. The molecule has 4 bridgehead atoms. The van der Waals surface area contributed by atoms with Crippen LogP contribution in [0.5, 0.6) is 0 Å². The Morgan fingerprint density at radius 2 is 1.47 bits per heavy atom. The van der Waals surface area contributed by atoms with E-state index < -0.39 is 0 Å². The quantitative estimate of drug-likeness (QED) is 0.423. The largest absolute Gasteiger partial charge is 0.323 e. The predicted octanol–water partition coefficient (Wildman–Crippen LogP) is -4.80. The molecule has 0 saturated carbocycles. The fourth-order valence-corrected chi connectivity index (χ4v) is 4.48. The van der Waals surface area contributed by atoms with Crippen LogP contribution < -0.4 is 20.0 Å². The first kappa shape index (κ1) is 11.8. The lowest BCUT2D eigenvalue weighted by molar-refractivity contribution is -1.31. The minimum atomic E-state index is -0.139. The Bertz CT molecular complexity index is 438. The second-order valence-electron chi connectivity index (χ2n) is 6.71. The predicted molar refractivity (Wildman–Crippen MR) is 66.9 cm³/mol. The summed E-state index contributed by atoms with van der Waals surface area (Å²) < 4.78 is 12.9. The van der Waals surface area contributed by atoms with Gasteiger partial charge in [0.05, 0.1) is 0 Å². The molecule has 1 aromatic carbocycles. The Kier molecular flexibility index (Phi) is 2.63. The van der Waals surface area contributed by atoms with Crippen LogP contribution >= 0.6 is 0 Å². The molecule has 0 amide bonds. The second-order valence-corrected chi connectivity index (χ2v) is 6.71. The van der Waals surface area contributed by atoms with Gasteiger partial charge in [-0.3, -0.25) is 0 Å². The monoisotopic (exact) mass is 266 g/mol. The highest BCUT2D eigenvalue weighted by molar-refractivity contribution is 5.14. The summed E-state index contributed by atoms with van der Waals surface area (Å²) in [6.45, 7) is 8.85. The maximum absolute atomic E-state index is 12.9. The van der Waals surface area contributed by atoms with E-state index in [0.29, 0.717) is 5.54 Å². The van der Waals surface area contributed by atoms with E-state index in [-0.39, 0.29) is 5.82 Å². The van der Waals surface area contributed by atoms with Crippen LogP contribution in [-0.2, 0) is 6.54 Å². The smallest absolute Gasteiger partial charge is 0.244 e. The van der Waals surface area contributed by atoms with Gasteiger partial charge >= 0.3 is 0 Å². The van der Waals surface area contributed by atoms with Crippen molar-refractivity contribution >= 4 is 0 Å². The van der Waals surface area contributed by atoms with Gasteiger partial charge in [-0.25, -0.2) is 19.1 Å². The van der Waals surface area contributed by atoms with Crippen LogP contribution in [0.2, 0.25) is 0 Å². The molecule has 5 heteroatoms. The summed E-state index contributed by atoms with van der Waals surface area (Å²) in [6, 6.07) is 6.97. The van der Waals surface area contributed by atoms with E-state index in [1.54, 1.807) is 26.8 Å². The minimum Gasteiger partial charge on any atom is -0.323 e. The van der Waals surface area contributed by atoms with Crippen molar-refractivity contribution in [2.24, 2.45) is 0 Å². The molecular formula is C14H23FN4+4. The Labute approximate surface area is 112 Å². The average molecular weight is 266 g/mol. The van der Waals surface area contributed by atoms with Crippen LogP contribution in [0.1, 0.15) is 5.56 Å². The molecule has 4 fully saturated rings. The van der Waals surface area contributed by atoms with Crippen LogP contribution in [0.4, 0.5) is 4.39 Å². The lowest BCUT2D eigenvalue weighted by Crippen LogP contribution is -3.58. The van der Waals surface area contributed by atoms with E-state index in [1.807, 2.05) is 12.1 Å². The molecule has 102 valence electrons. The zero-order chi connectivity index (χ0) is 12.9. The molecule has 0 spiro atoms. The van der Waals surface area contributed by atoms with Gasteiger partial charge in [0.25, 0.3) is 0 Å². The number of halogens is 1. The summed E-state index contributed by atoms with van der Waals surface area (Å²) >= 11 is 0. The number of nitrogens with one attached hydrogen (secondary N) is 3. The summed E-state index contributed by atoms with van der Waals surface area (Å²) in [5.41, 5.74) is 1.65. The van der Waals surface area contributed by atoms with Crippen molar-refractivity contribution in [2.75, 3.05) is 39.6 Å². The van der Waals surface area contributed by atoms with Crippen LogP contribution in [0.3, 0.4) is 0 Å². The van der Waals surface area contributed by atoms with Crippen LogP contribution in [-0.4, -0.2) is 45.2 Å². The van der Waals surface area contributed by atoms with E-state index >= 15 is 0 Å². The van der Waals surface area contributed by atoms with Crippen molar-refractivity contribution in [3.63, 3.8) is 0 Å². The molecule has 4 saturated heterocycles. The van der Waals surface area contributed by atoms with E-state index in [2.05, 4.69) is 5.32 Å². The van der Waals surface area contributed by atoms with Crippen molar-refractivity contribution in [2.45, 2.75) is 12.1 Å². The molecule has 4 heterocycles. The van der Waals surface area contributed by atoms with Crippen molar-refractivity contribution in [1.29, 1.82) is 0 Å². The Hall–Kier alpha value is -1.01. The number of nitrogens with two attached hydrogens (primary N) is 1. The standard InChI is InChI=1S/C14H19FN4/c15-13-3-1-12(2-4-13)5-16-14-6-17-9-18(7-14)11-19(8-14)10-17/h1-4,16H,5-11H2/p+4. The van der Waals surface area contributed by atoms with Crippen LogP contribution in [0.25, 0.3) is 0 Å². The summed E-state index contributed by atoms with van der Waals surface area (Å²) in [5, 5.41) is 2.53. The lowest BCUT2D eigenvalue weighted by Gasteiger charge is -2.50. The molecule has 0 radical (unpaired) electrons. The number of rotatable bonds is 3. The zero-order valence-electron chi connectivity index (χ0n) is 11.2. The Morgan fingerprint density at radius 3 is 2.00 bits per heavy atom. The molecule has 0 unspecified atom stereocenters. The number of hydrogen-bond acceptors (Lipinski definition) is 0. The van der Waals surface area contributed by atoms with Gasteiger partial charge in [-0.2, -0.15) is 0 Å². The van der Waals surface area contributed by atoms with E-state index in [9.17, 15) is 4.39 Å². The average Bonchev–Trinajstić information content (AvgIpc) is 2.36. The van der Waals surface area contributed by atoms with Crippen molar-refractivity contribution < 1.29 is 24.4 Å². The summed E-state index contributed by atoms with van der Waals surface area (Å²) in [7, 11) is 0. The van der Waals surface area contributed by atoms with Crippen molar-refractivity contribution in [1.82, 2.24) is 0 Å². The Morgan fingerprint density at radius 1 is 0.947 bits per heavy atom. The maximum atomic E-state index is 12.9. The third-order valence-electron chi connectivity index (χ3n) is 4.99. The van der Waals surface area contributed by atoms with Gasteiger partial charge in [-0.15, -0.1) is 0 Å². The normalized spacial score (nSPS) is 39.7. The lowest BCUT2D eigenvalue weighted by atomic mass is 9.90. The van der Waals surface area contributed by atoms with E-state index in [1.165, 1.54) is 45.2 Å². The highest BCUT2D eigenvalue weighted by Gasteiger charge is 2.60. The molecule has 1 aromatic rings. The van der Waals surface area contributed by atoms with Crippen molar-refractivity contribution in [3.05, 3.63) is 35.6 Å². The highest BCUT2D eigenvalue weighted by atomic mass is 19.1. The van der Waals surface area contributed by atoms with Gasteiger partial charge in [0.15, 0.2) is 19.6 Å². The molecule has 0 aromatic heterocycles. The van der Waals surface area contributed by atoms with Gasteiger partial charge in [0.1, 0.15) is 12.4 Å². The molecular weight excluding hydrogens is 243 g/mol. The SMILES string of the molecule is Fc1ccc(C[NH2+]C23C[NH+]4C[NH+](C[NH+](C4)C2)C3)cc1. The van der Waals surface area contributed by atoms with Gasteiger partial charge in [0.2, 0.25) is 25.5 Å².